The van der Waals surface area contributed by atoms with Gasteiger partial charge in [0.05, 0.1) is 10.4 Å². The fourth-order valence-electron chi connectivity index (χ4n) is 5.07. The van der Waals surface area contributed by atoms with Gasteiger partial charge in [-0.15, -0.1) is 0 Å². The topological polar surface area (TPSA) is 123 Å². The summed E-state index contributed by atoms with van der Waals surface area (Å²) in [5, 5.41) is 0. The molecule has 1 N–H and O–H groups in total. The van der Waals surface area contributed by atoms with E-state index in [-0.39, 0.29) is 28.5 Å². The van der Waals surface area contributed by atoms with Crippen molar-refractivity contribution in [3.05, 3.63) is 118 Å². The summed E-state index contributed by atoms with van der Waals surface area (Å²) in [4.78, 5) is 44.8. The van der Waals surface area contributed by atoms with E-state index in [0.717, 1.165) is 24.2 Å². The van der Waals surface area contributed by atoms with Crippen molar-refractivity contribution >= 4 is 32.9 Å². The number of fused-ring (bicyclic) bond motifs is 1. The number of nitrogens with zero attached hydrogens (tertiary/aromatic N) is 4. The maximum atomic E-state index is 13.6. The molecule has 0 aliphatic carbocycles. The van der Waals surface area contributed by atoms with Crippen LogP contribution in [0.2, 0.25) is 0 Å². The van der Waals surface area contributed by atoms with Gasteiger partial charge in [0.15, 0.2) is 0 Å². The van der Waals surface area contributed by atoms with Gasteiger partial charge in [-0.1, -0.05) is 74.0 Å². The Morgan fingerprint density at radius 3 is 2.29 bits per heavy atom. The van der Waals surface area contributed by atoms with Crippen LogP contribution in [-0.4, -0.2) is 53.3 Å². The lowest BCUT2D eigenvalue weighted by Gasteiger charge is -2.14. The van der Waals surface area contributed by atoms with Crippen molar-refractivity contribution < 1.29 is 18.0 Å². The first-order valence-corrected chi connectivity index (χ1v) is 16.2. The predicted molar refractivity (Wildman–Crippen MR) is 173 cm³/mol. The molecule has 3 aromatic carbocycles. The van der Waals surface area contributed by atoms with Crippen molar-refractivity contribution in [2.24, 2.45) is 0 Å². The minimum Gasteiger partial charge on any atom is -0.347 e. The van der Waals surface area contributed by atoms with Crippen molar-refractivity contribution in [3.8, 4) is 11.1 Å². The van der Waals surface area contributed by atoms with Gasteiger partial charge < -0.3 is 14.0 Å². The number of unbranched alkanes of at least 4 members (excludes halogenated alkanes) is 1. The Bertz CT molecular complexity index is 2010. The van der Waals surface area contributed by atoms with Crippen LogP contribution in [0.5, 0.6) is 0 Å². The molecule has 5 rings (SSSR count). The summed E-state index contributed by atoms with van der Waals surface area (Å²) in [6, 6.07) is 23.9. The second-order valence-corrected chi connectivity index (χ2v) is 12.6. The predicted octanol–water partition coefficient (Wildman–Crippen LogP) is 4.46. The van der Waals surface area contributed by atoms with Crippen molar-refractivity contribution in [3.63, 3.8) is 0 Å². The summed E-state index contributed by atoms with van der Waals surface area (Å²) in [7, 11) is -0.875. The van der Waals surface area contributed by atoms with E-state index < -0.39 is 15.9 Å². The van der Waals surface area contributed by atoms with Crippen LogP contribution in [-0.2, 0) is 34.3 Å². The molecular weight excluding hydrogens is 590 g/mol. The van der Waals surface area contributed by atoms with Crippen molar-refractivity contribution in [1.29, 1.82) is 0 Å². The maximum Gasteiger partial charge on any atom is 0.277 e. The third kappa shape index (κ3) is 6.88. The van der Waals surface area contributed by atoms with Crippen molar-refractivity contribution in [1.82, 2.24) is 23.7 Å². The number of aryl methyl sites for hydroxylation is 1. The fourth-order valence-corrected chi connectivity index (χ4v) is 6.28. The third-order valence-electron chi connectivity index (χ3n) is 7.55. The van der Waals surface area contributed by atoms with E-state index in [1.807, 2.05) is 28.8 Å². The molecule has 0 unspecified atom stereocenters. The summed E-state index contributed by atoms with van der Waals surface area (Å²) >= 11 is 0. The number of sulfonamides is 1. The summed E-state index contributed by atoms with van der Waals surface area (Å²) in [6.07, 6.45) is 4.17. The van der Waals surface area contributed by atoms with Gasteiger partial charge in [0, 0.05) is 44.4 Å². The molecule has 0 spiro atoms. The SMILES string of the molecule is CCCCc1nc2ccn(CC(=O)N(C)C)c(=O)c2n1Cc1ccc(-c2ccccc2S(=O)(=O)NC(=O)c2ccccc2)cc1. The fraction of sp³-hybridized carbons (Fsp3) is 0.235. The lowest BCUT2D eigenvalue weighted by atomic mass is 10.0. The highest BCUT2D eigenvalue weighted by atomic mass is 32.2. The molecule has 45 heavy (non-hydrogen) atoms. The molecule has 0 bridgehead atoms. The van der Waals surface area contributed by atoms with Gasteiger partial charge in [-0.25, -0.2) is 18.1 Å². The smallest absolute Gasteiger partial charge is 0.277 e. The molecule has 0 aliphatic heterocycles. The molecule has 2 aromatic heterocycles. The van der Waals surface area contributed by atoms with Gasteiger partial charge in [-0.05, 0) is 41.8 Å². The van der Waals surface area contributed by atoms with Crippen LogP contribution < -0.4 is 10.3 Å². The van der Waals surface area contributed by atoms with Crippen LogP contribution in [0.15, 0.2) is 101 Å². The van der Waals surface area contributed by atoms with Crippen LogP contribution in [0.1, 0.15) is 41.5 Å². The molecule has 232 valence electrons. The molecular formula is C34H35N5O5S. The number of imidazole rings is 1. The summed E-state index contributed by atoms with van der Waals surface area (Å²) < 4.78 is 32.1. The summed E-state index contributed by atoms with van der Waals surface area (Å²) in [5.74, 6) is -0.112. The number of hydrogen-bond donors (Lipinski definition) is 1. The second-order valence-electron chi connectivity index (χ2n) is 11.0. The van der Waals surface area contributed by atoms with Gasteiger partial charge >= 0.3 is 0 Å². The number of amides is 2. The standard InChI is InChI=1S/C34H35N5O5S/c1-4-5-15-30-35-28-20-21-38(23-31(40)37(2)3)34(42)32(28)39(30)22-24-16-18-25(19-17-24)27-13-9-10-14-29(27)45(43,44)36-33(41)26-11-7-6-8-12-26/h6-14,16-21H,4-5,15,22-23H2,1-3H3,(H,36,41). The molecule has 0 atom stereocenters. The van der Waals surface area contributed by atoms with Crippen LogP contribution in [0, 0.1) is 0 Å². The minimum absolute atomic E-state index is 0.0164. The zero-order valence-electron chi connectivity index (χ0n) is 25.4. The number of carbonyl (C=O) groups is 2. The third-order valence-corrected chi connectivity index (χ3v) is 8.94. The molecule has 0 saturated carbocycles. The molecule has 0 fully saturated rings. The van der Waals surface area contributed by atoms with E-state index in [1.165, 1.54) is 15.5 Å². The Hall–Kier alpha value is -5.03. The molecule has 10 nitrogen and oxygen atoms in total. The molecule has 5 aromatic rings. The van der Waals surface area contributed by atoms with E-state index in [1.54, 1.807) is 74.9 Å². The number of aromatic nitrogens is 3. The van der Waals surface area contributed by atoms with E-state index in [0.29, 0.717) is 35.1 Å². The Kier molecular flexibility index (Phi) is 9.29. The van der Waals surface area contributed by atoms with Crippen molar-refractivity contribution in [2.75, 3.05) is 14.1 Å². The van der Waals surface area contributed by atoms with Gasteiger partial charge in [-0.3, -0.25) is 14.4 Å². The highest BCUT2D eigenvalue weighted by Gasteiger charge is 2.23. The van der Waals surface area contributed by atoms with Crippen molar-refractivity contribution in [2.45, 2.75) is 44.2 Å². The highest BCUT2D eigenvalue weighted by molar-refractivity contribution is 7.90. The first kappa shape index (κ1) is 31.4. The highest BCUT2D eigenvalue weighted by Crippen LogP contribution is 2.28. The van der Waals surface area contributed by atoms with Crippen LogP contribution in [0.25, 0.3) is 22.2 Å². The Morgan fingerprint density at radius 1 is 0.911 bits per heavy atom. The lowest BCUT2D eigenvalue weighted by molar-refractivity contribution is -0.129. The van der Waals surface area contributed by atoms with Crippen LogP contribution in [0.4, 0.5) is 0 Å². The summed E-state index contributed by atoms with van der Waals surface area (Å²) in [5.41, 5.74) is 2.95. The zero-order chi connectivity index (χ0) is 32.1. The molecule has 0 saturated heterocycles. The van der Waals surface area contributed by atoms with E-state index in [9.17, 15) is 22.8 Å². The van der Waals surface area contributed by atoms with E-state index >= 15 is 0 Å². The first-order chi connectivity index (χ1) is 21.6. The monoisotopic (exact) mass is 625 g/mol. The number of likely N-dealkylation sites (N-methyl/N-ethyl adjacent to an activating group) is 1. The van der Waals surface area contributed by atoms with Crippen LogP contribution >= 0.6 is 0 Å². The Balaban J connectivity index is 1.46. The molecule has 11 heteroatoms. The van der Waals surface area contributed by atoms with Gasteiger partial charge in [-0.2, -0.15) is 0 Å². The number of carbonyl (C=O) groups excluding carboxylic acids is 2. The summed E-state index contributed by atoms with van der Waals surface area (Å²) in [6.45, 7) is 2.39. The number of pyridine rings is 1. The van der Waals surface area contributed by atoms with Gasteiger partial charge in [0.25, 0.3) is 21.5 Å². The Morgan fingerprint density at radius 2 is 1.60 bits per heavy atom. The largest absolute Gasteiger partial charge is 0.347 e. The second kappa shape index (κ2) is 13.3. The van der Waals surface area contributed by atoms with E-state index in [4.69, 9.17) is 4.98 Å². The van der Waals surface area contributed by atoms with Gasteiger partial charge in [0.2, 0.25) is 5.91 Å². The van der Waals surface area contributed by atoms with E-state index in [2.05, 4.69) is 11.6 Å². The first-order valence-electron chi connectivity index (χ1n) is 14.7. The number of rotatable bonds is 11. The number of benzene rings is 3. The molecule has 2 amide bonds. The minimum atomic E-state index is -4.18. The molecule has 0 radical (unpaired) electrons. The zero-order valence-corrected chi connectivity index (χ0v) is 26.3. The lowest BCUT2D eigenvalue weighted by Crippen LogP contribution is -2.31. The Labute approximate surface area is 262 Å². The molecule has 0 aliphatic rings. The van der Waals surface area contributed by atoms with Gasteiger partial charge in [0.1, 0.15) is 17.9 Å². The average Bonchev–Trinajstić information content (AvgIpc) is 3.39. The normalized spacial score (nSPS) is 11.4. The maximum absolute atomic E-state index is 13.6. The number of nitrogens with one attached hydrogen (secondary N) is 1. The quantitative estimate of drug-likeness (QED) is 0.231. The molecule has 2 heterocycles. The number of hydrogen-bond acceptors (Lipinski definition) is 6. The van der Waals surface area contributed by atoms with Crippen LogP contribution in [0.3, 0.4) is 0 Å². The average molecular weight is 626 g/mol.